The van der Waals surface area contributed by atoms with E-state index < -0.39 is 0 Å². The summed E-state index contributed by atoms with van der Waals surface area (Å²) in [6.07, 6.45) is 4.50. The maximum absolute atomic E-state index is 9.63. The highest BCUT2D eigenvalue weighted by molar-refractivity contribution is 6.31. The number of hydrogen-bond donors (Lipinski definition) is 2. The molecule has 0 atom stereocenters. The predicted octanol–water partition coefficient (Wildman–Crippen LogP) is 3.07. The number of nitrogens with two attached hydrogens (primary N) is 1. The van der Waals surface area contributed by atoms with Gasteiger partial charge in [-0.05, 0) is 68.2 Å². The van der Waals surface area contributed by atoms with Crippen LogP contribution < -0.4 is 5.73 Å². The highest BCUT2D eigenvalue weighted by Crippen LogP contribution is 2.39. The highest BCUT2D eigenvalue weighted by Gasteiger charge is 2.34. The fourth-order valence-electron chi connectivity index (χ4n) is 2.87. The Balaban J connectivity index is 2.15. The molecule has 0 aliphatic heterocycles. The van der Waals surface area contributed by atoms with Crippen LogP contribution in [0.2, 0.25) is 5.02 Å². The molecule has 1 saturated carbocycles. The zero-order valence-electron chi connectivity index (χ0n) is 11.0. The molecule has 1 fully saturated rings. The standard InChI is InChI=1S/C15H22ClNO/c1-11-2-3-12(14(16)8-11)9-15(10-17)6-4-13(18)5-7-15/h2-3,8,13,18H,4-7,9-10,17H2,1H3. The van der Waals surface area contributed by atoms with Gasteiger partial charge in [-0.15, -0.1) is 0 Å². The van der Waals surface area contributed by atoms with Crippen LogP contribution in [-0.2, 0) is 6.42 Å². The summed E-state index contributed by atoms with van der Waals surface area (Å²) < 4.78 is 0. The molecule has 1 aromatic carbocycles. The average Bonchev–Trinajstić information content (AvgIpc) is 2.36. The smallest absolute Gasteiger partial charge is 0.0540 e. The second-order valence-corrected chi connectivity index (χ2v) is 6.11. The molecule has 0 amide bonds. The lowest BCUT2D eigenvalue weighted by molar-refractivity contribution is 0.0665. The Morgan fingerprint density at radius 3 is 2.61 bits per heavy atom. The Morgan fingerprint density at radius 2 is 2.06 bits per heavy atom. The van der Waals surface area contributed by atoms with Gasteiger partial charge in [0.15, 0.2) is 0 Å². The molecule has 1 aromatic rings. The summed E-state index contributed by atoms with van der Waals surface area (Å²) in [7, 11) is 0. The molecule has 0 radical (unpaired) electrons. The molecular formula is C15H22ClNO. The van der Waals surface area contributed by atoms with Crippen molar-refractivity contribution < 1.29 is 5.11 Å². The lowest BCUT2D eigenvalue weighted by Crippen LogP contribution is -2.38. The molecule has 0 heterocycles. The topological polar surface area (TPSA) is 46.2 Å². The van der Waals surface area contributed by atoms with Crippen LogP contribution in [0.25, 0.3) is 0 Å². The zero-order valence-corrected chi connectivity index (χ0v) is 11.7. The van der Waals surface area contributed by atoms with Gasteiger partial charge in [0.1, 0.15) is 0 Å². The Hall–Kier alpha value is -0.570. The first kappa shape index (κ1) is 13.9. The highest BCUT2D eigenvalue weighted by atomic mass is 35.5. The molecule has 18 heavy (non-hydrogen) atoms. The van der Waals surface area contributed by atoms with E-state index in [0.717, 1.165) is 37.1 Å². The predicted molar refractivity (Wildman–Crippen MR) is 75.9 cm³/mol. The van der Waals surface area contributed by atoms with Crippen LogP contribution in [0.5, 0.6) is 0 Å². The van der Waals surface area contributed by atoms with E-state index in [9.17, 15) is 5.11 Å². The first-order valence-corrected chi connectivity index (χ1v) is 7.06. The average molecular weight is 268 g/mol. The molecule has 1 aliphatic rings. The maximum Gasteiger partial charge on any atom is 0.0540 e. The molecule has 0 aromatic heterocycles. The number of aliphatic hydroxyl groups excluding tert-OH is 1. The molecule has 0 bridgehead atoms. The van der Waals surface area contributed by atoms with Gasteiger partial charge in [-0.1, -0.05) is 23.7 Å². The first-order chi connectivity index (χ1) is 8.54. The minimum Gasteiger partial charge on any atom is -0.393 e. The Morgan fingerprint density at radius 1 is 1.39 bits per heavy atom. The largest absolute Gasteiger partial charge is 0.393 e. The first-order valence-electron chi connectivity index (χ1n) is 6.68. The van der Waals surface area contributed by atoms with E-state index in [-0.39, 0.29) is 11.5 Å². The van der Waals surface area contributed by atoms with Crippen molar-refractivity contribution in [1.29, 1.82) is 0 Å². The lowest BCUT2D eigenvalue weighted by atomic mass is 9.69. The summed E-state index contributed by atoms with van der Waals surface area (Å²) >= 11 is 6.31. The fourth-order valence-corrected chi connectivity index (χ4v) is 3.17. The number of rotatable bonds is 3. The van der Waals surface area contributed by atoms with Gasteiger partial charge < -0.3 is 10.8 Å². The summed E-state index contributed by atoms with van der Waals surface area (Å²) in [5.74, 6) is 0. The lowest BCUT2D eigenvalue weighted by Gasteiger charge is -2.38. The van der Waals surface area contributed by atoms with Gasteiger partial charge in [-0.3, -0.25) is 0 Å². The van der Waals surface area contributed by atoms with E-state index in [0.29, 0.717) is 6.54 Å². The minimum atomic E-state index is -0.141. The van der Waals surface area contributed by atoms with E-state index in [1.54, 1.807) is 0 Å². The molecule has 3 N–H and O–H groups in total. The van der Waals surface area contributed by atoms with Crippen molar-refractivity contribution >= 4 is 11.6 Å². The van der Waals surface area contributed by atoms with E-state index >= 15 is 0 Å². The van der Waals surface area contributed by atoms with Gasteiger partial charge in [0.2, 0.25) is 0 Å². The van der Waals surface area contributed by atoms with Crippen molar-refractivity contribution in [2.45, 2.75) is 45.1 Å². The Kier molecular flexibility index (Phi) is 4.31. The van der Waals surface area contributed by atoms with Crippen LogP contribution in [0.15, 0.2) is 18.2 Å². The summed E-state index contributed by atoms with van der Waals surface area (Å²) in [6.45, 7) is 2.72. The second kappa shape index (κ2) is 5.60. The van der Waals surface area contributed by atoms with Gasteiger partial charge in [-0.2, -0.15) is 0 Å². The quantitative estimate of drug-likeness (QED) is 0.884. The minimum absolute atomic E-state index is 0.123. The van der Waals surface area contributed by atoms with Crippen molar-refractivity contribution in [3.05, 3.63) is 34.3 Å². The van der Waals surface area contributed by atoms with Gasteiger partial charge >= 0.3 is 0 Å². The van der Waals surface area contributed by atoms with Gasteiger partial charge in [-0.25, -0.2) is 0 Å². The van der Waals surface area contributed by atoms with Crippen molar-refractivity contribution in [3.63, 3.8) is 0 Å². The molecule has 100 valence electrons. The molecular weight excluding hydrogens is 246 g/mol. The van der Waals surface area contributed by atoms with E-state index in [2.05, 4.69) is 12.1 Å². The third kappa shape index (κ3) is 3.05. The molecule has 0 saturated heterocycles. The van der Waals surface area contributed by atoms with Gasteiger partial charge in [0.25, 0.3) is 0 Å². The number of hydrogen-bond acceptors (Lipinski definition) is 2. The van der Waals surface area contributed by atoms with Crippen LogP contribution in [0.1, 0.15) is 36.8 Å². The van der Waals surface area contributed by atoms with E-state index in [1.165, 1.54) is 11.1 Å². The maximum atomic E-state index is 9.63. The number of benzene rings is 1. The third-order valence-corrected chi connectivity index (χ3v) is 4.57. The Labute approximate surface area is 114 Å². The summed E-state index contributed by atoms with van der Waals surface area (Å²) in [4.78, 5) is 0. The van der Waals surface area contributed by atoms with Crippen molar-refractivity contribution in [2.75, 3.05) is 6.54 Å². The monoisotopic (exact) mass is 267 g/mol. The molecule has 2 rings (SSSR count). The third-order valence-electron chi connectivity index (χ3n) is 4.22. The normalized spacial score (nSPS) is 28.3. The second-order valence-electron chi connectivity index (χ2n) is 5.71. The SMILES string of the molecule is Cc1ccc(CC2(CN)CCC(O)CC2)c(Cl)c1. The fraction of sp³-hybridized carbons (Fsp3) is 0.600. The number of aryl methyl sites for hydroxylation is 1. The summed E-state index contributed by atoms with van der Waals surface area (Å²) in [5.41, 5.74) is 8.48. The molecule has 2 nitrogen and oxygen atoms in total. The van der Waals surface area contributed by atoms with Gasteiger partial charge in [0, 0.05) is 5.02 Å². The zero-order chi connectivity index (χ0) is 13.2. The van der Waals surface area contributed by atoms with Crippen LogP contribution in [0, 0.1) is 12.3 Å². The summed E-state index contributed by atoms with van der Waals surface area (Å²) in [5, 5.41) is 10.5. The van der Waals surface area contributed by atoms with Crippen LogP contribution >= 0.6 is 11.6 Å². The van der Waals surface area contributed by atoms with Crippen LogP contribution in [0.4, 0.5) is 0 Å². The van der Waals surface area contributed by atoms with Gasteiger partial charge in [0.05, 0.1) is 6.10 Å². The number of halogens is 1. The van der Waals surface area contributed by atoms with Crippen molar-refractivity contribution in [1.82, 2.24) is 0 Å². The van der Waals surface area contributed by atoms with Crippen molar-refractivity contribution in [3.8, 4) is 0 Å². The number of aliphatic hydroxyl groups is 1. The van der Waals surface area contributed by atoms with Crippen LogP contribution in [0.3, 0.4) is 0 Å². The molecule has 0 unspecified atom stereocenters. The molecule has 1 aliphatic carbocycles. The molecule has 0 spiro atoms. The van der Waals surface area contributed by atoms with E-state index in [1.807, 2.05) is 13.0 Å². The van der Waals surface area contributed by atoms with Crippen LogP contribution in [-0.4, -0.2) is 17.8 Å². The summed E-state index contributed by atoms with van der Waals surface area (Å²) in [6, 6.07) is 6.22. The molecule has 3 heteroatoms. The van der Waals surface area contributed by atoms with Crippen molar-refractivity contribution in [2.24, 2.45) is 11.1 Å². The van der Waals surface area contributed by atoms with E-state index in [4.69, 9.17) is 17.3 Å². The Bertz CT molecular complexity index is 411.